The van der Waals surface area contributed by atoms with Gasteiger partial charge in [-0.05, 0) is 37.3 Å². The fraction of sp³-hybridized carbons (Fsp3) is 0.346. The number of hydrogen-bond acceptors (Lipinski definition) is 6. The molecule has 1 aromatic carbocycles. The number of aryl methyl sites for hydroxylation is 1. The molecule has 2 aliphatic rings. The first-order chi connectivity index (χ1) is 17.5. The summed E-state index contributed by atoms with van der Waals surface area (Å²) in [5.74, 6) is 0.830. The largest absolute Gasteiger partial charge is 0.350 e. The molecule has 1 aliphatic carbocycles. The predicted molar refractivity (Wildman–Crippen MR) is 136 cm³/mol. The van der Waals surface area contributed by atoms with Crippen LogP contribution in [0.4, 0.5) is 22.2 Å². The van der Waals surface area contributed by atoms with Crippen LogP contribution in [0.25, 0.3) is 0 Å². The lowest BCUT2D eigenvalue weighted by Gasteiger charge is -2.43. The molecule has 3 heterocycles. The van der Waals surface area contributed by atoms with E-state index < -0.39 is 0 Å². The Hall–Kier alpha value is -4.21. The van der Waals surface area contributed by atoms with Gasteiger partial charge in [-0.1, -0.05) is 36.9 Å². The average Bonchev–Trinajstić information content (AvgIpc) is 3.29. The molecule has 1 fully saturated rings. The molecule has 186 valence electrons. The first-order valence-electron chi connectivity index (χ1n) is 12.2. The molecule has 2 aromatic heterocycles. The van der Waals surface area contributed by atoms with Crippen LogP contribution in [0.15, 0.2) is 61.6 Å². The standard InChI is InChI=1S/C26H30N8O2/c1-3-23(35)29-20-10-7-11-22(12-20)34-24-19(13-27-25(31-24)30-21-14-28-32(2)17-21)16-33(26(34)36)15-18-8-5-4-6-9-18/h3-6,8-9,13-14,17,20,22H,1,7,10-12,15-16H2,2H3,(H,29,35)(H,27,30,31). The number of anilines is 3. The number of rotatable bonds is 7. The van der Waals surface area contributed by atoms with E-state index in [0.29, 0.717) is 31.3 Å². The van der Waals surface area contributed by atoms with Gasteiger partial charge >= 0.3 is 6.03 Å². The second-order valence-electron chi connectivity index (χ2n) is 9.29. The zero-order valence-corrected chi connectivity index (χ0v) is 20.3. The molecule has 10 heteroatoms. The smallest absolute Gasteiger partial charge is 0.326 e. The molecule has 1 aliphatic heterocycles. The summed E-state index contributed by atoms with van der Waals surface area (Å²) in [6.07, 6.45) is 9.86. The third-order valence-electron chi connectivity index (χ3n) is 6.63. The van der Waals surface area contributed by atoms with Crippen molar-refractivity contribution in [3.8, 4) is 0 Å². The number of amides is 3. The molecule has 5 rings (SSSR count). The van der Waals surface area contributed by atoms with E-state index in [1.165, 1.54) is 6.08 Å². The molecule has 0 spiro atoms. The molecular weight excluding hydrogens is 456 g/mol. The molecule has 3 aromatic rings. The maximum Gasteiger partial charge on any atom is 0.326 e. The molecule has 36 heavy (non-hydrogen) atoms. The highest BCUT2D eigenvalue weighted by atomic mass is 16.2. The number of urea groups is 1. The molecular formula is C26H30N8O2. The molecule has 10 nitrogen and oxygen atoms in total. The number of carbonyl (C=O) groups excluding carboxylic acids is 2. The van der Waals surface area contributed by atoms with Gasteiger partial charge in [-0.2, -0.15) is 10.1 Å². The van der Waals surface area contributed by atoms with Gasteiger partial charge in [0.2, 0.25) is 11.9 Å². The normalized spacial score (nSPS) is 19.5. The van der Waals surface area contributed by atoms with Gasteiger partial charge in [0.15, 0.2) is 0 Å². The second kappa shape index (κ2) is 10.2. The lowest BCUT2D eigenvalue weighted by atomic mass is 9.89. The van der Waals surface area contributed by atoms with Gasteiger partial charge in [0.05, 0.1) is 18.4 Å². The van der Waals surface area contributed by atoms with Gasteiger partial charge in [0.1, 0.15) is 5.82 Å². The highest BCUT2D eigenvalue weighted by Gasteiger charge is 2.39. The fourth-order valence-corrected chi connectivity index (χ4v) is 4.96. The molecule has 1 saturated carbocycles. The van der Waals surface area contributed by atoms with Crippen molar-refractivity contribution < 1.29 is 9.59 Å². The first kappa shape index (κ1) is 23.5. The van der Waals surface area contributed by atoms with Gasteiger partial charge in [-0.15, -0.1) is 0 Å². The van der Waals surface area contributed by atoms with Crippen LogP contribution < -0.4 is 15.5 Å². The third kappa shape index (κ3) is 5.07. The van der Waals surface area contributed by atoms with E-state index >= 15 is 0 Å². The van der Waals surface area contributed by atoms with E-state index in [9.17, 15) is 9.59 Å². The number of nitrogens with one attached hydrogen (secondary N) is 2. The van der Waals surface area contributed by atoms with Crippen molar-refractivity contribution in [3.63, 3.8) is 0 Å². The summed E-state index contributed by atoms with van der Waals surface area (Å²) in [6.45, 7) is 4.48. The van der Waals surface area contributed by atoms with Crippen molar-refractivity contribution in [1.82, 2.24) is 30.0 Å². The van der Waals surface area contributed by atoms with Crippen LogP contribution in [0.1, 0.15) is 36.8 Å². The van der Waals surface area contributed by atoms with Crippen molar-refractivity contribution in [3.05, 3.63) is 72.7 Å². The highest BCUT2D eigenvalue weighted by Crippen LogP contribution is 2.35. The molecule has 2 N–H and O–H groups in total. The summed E-state index contributed by atoms with van der Waals surface area (Å²) in [7, 11) is 1.84. The summed E-state index contributed by atoms with van der Waals surface area (Å²) < 4.78 is 1.69. The van der Waals surface area contributed by atoms with Gasteiger partial charge in [0.25, 0.3) is 0 Å². The van der Waals surface area contributed by atoms with Crippen LogP contribution >= 0.6 is 0 Å². The van der Waals surface area contributed by atoms with Crippen LogP contribution in [0.5, 0.6) is 0 Å². The Bertz CT molecular complexity index is 1260. The molecule has 0 saturated heterocycles. The number of carbonyl (C=O) groups is 2. The summed E-state index contributed by atoms with van der Waals surface area (Å²) >= 11 is 0. The molecule has 0 bridgehead atoms. The zero-order chi connectivity index (χ0) is 25.1. The SMILES string of the molecule is C=CC(=O)NC1CCCC(N2C(=O)N(Cc3ccccc3)Cc3cnc(Nc4cnn(C)c4)nc32)C1. The van der Waals surface area contributed by atoms with E-state index in [4.69, 9.17) is 4.98 Å². The van der Waals surface area contributed by atoms with Crippen LogP contribution in [0.2, 0.25) is 0 Å². The molecule has 0 radical (unpaired) electrons. The molecule has 2 atom stereocenters. The van der Waals surface area contributed by atoms with E-state index in [-0.39, 0.29) is 24.0 Å². The van der Waals surface area contributed by atoms with Crippen LogP contribution in [0.3, 0.4) is 0 Å². The summed E-state index contributed by atoms with van der Waals surface area (Å²) in [4.78, 5) is 38.8. The number of benzene rings is 1. The maximum atomic E-state index is 13.9. The van der Waals surface area contributed by atoms with Crippen molar-refractivity contribution in [2.24, 2.45) is 7.05 Å². The maximum absolute atomic E-state index is 13.9. The van der Waals surface area contributed by atoms with E-state index in [1.807, 2.05) is 53.4 Å². The Balaban J connectivity index is 1.46. The van der Waals surface area contributed by atoms with E-state index in [2.05, 4.69) is 27.3 Å². The number of aromatic nitrogens is 4. The number of fused-ring (bicyclic) bond motifs is 1. The van der Waals surface area contributed by atoms with Gasteiger partial charge in [-0.3, -0.25) is 14.4 Å². The van der Waals surface area contributed by atoms with Crippen molar-refractivity contribution in [2.45, 2.75) is 50.9 Å². The third-order valence-corrected chi connectivity index (χ3v) is 6.63. The minimum Gasteiger partial charge on any atom is -0.350 e. The molecule has 2 unspecified atom stereocenters. The van der Waals surface area contributed by atoms with Crippen molar-refractivity contribution >= 4 is 29.4 Å². The minimum absolute atomic E-state index is 0.0233. The van der Waals surface area contributed by atoms with E-state index in [0.717, 1.165) is 36.1 Å². The summed E-state index contributed by atoms with van der Waals surface area (Å²) in [5, 5.41) is 10.4. The first-order valence-corrected chi connectivity index (χ1v) is 12.2. The predicted octanol–water partition coefficient (Wildman–Crippen LogP) is 3.51. The topological polar surface area (TPSA) is 108 Å². The monoisotopic (exact) mass is 486 g/mol. The van der Waals surface area contributed by atoms with Crippen molar-refractivity contribution in [1.29, 1.82) is 0 Å². The van der Waals surface area contributed by atoms with E-state index in [1.54, 1.807) is 17.1 Å². The average molecular weight is 487 g/mol. The van der Waals surface area contributed by atoms with Crippen LogP contribution in [-0.2, 0) is 24.9 Å². The van der Waals surface area contributed by atoms with Crippen LogP contribution in [0, 0.1) is 0 Å². The molecule has 3 amide bonds. The highest BCUT2D eigenvalue weighted by molar-refractivity contribution is 5.94. The van der Waals surface area contributed by atoms with Gasteiger partial charge in [0, 0.05) is 43.6 Å². The van der Waals surface area contributed by atoms with Crippen LogP contribution in [-0.4, -0.2) is 48.7 Å². The van der Waals surface area contributed by atoms with Gasteiger partial charge in [-0.25, -0.2) is 9.78 Å². The Kier molecular flexibility index (Phi) is 6.66. The summed E-state index contributed by atoms with van der Waals surface area (Å²) in [6, 6.07) is 9.75. The van der Waals surface area contributed by atoms with Crippen molar-refractivity contribution in [2.75, 3.05) is 10.2 Å². The fourth-order valence-electron chi connectivity index (χ4n) is 4.96. The van der Waals surface area contributed by atoms with Gasteiger partial charge < -0.3 is 15.5 Å². The number of nitrogens with zero attached hydrogens (tertiary/aromatic N) is 6. The number of hydrogen-bond donors (Lipinski definition) is 2. The lowest BCUT2D eigenvalue weighted by molar-refractivity contribution is -0.117. The zero-order valence-electron chi connectivity index (χ0n) is 20.3. The Morgan fingerprint density at radius 1 is 1.22 bits per heavy atom. The Morgan fingerprint density at radius 2 is 2.06 bits per heavy atom. The minimum atomic E-state index is -0.193. The lowest BCUT2D eigenvalue weighted by Crippen LogP contribution is -2.54. The Labute approximate surface area is 210 Å². The summed E-state index contributed by atoms with van der Waals surface area (Å²) in [5.41, 5.74) is 2.71. The quantitative estimate of drug-likeness (QED) is 0.495. The Morgan fingerprint density at radius 3 is 2.81 bits per heavy atom. The second-order valence-corrected chi connectivity index (χ2v) is 9.29.